The molecule has 4 nitrogen and oxygen atoms in total. The second-order valence-corrected chi connectivity index (χ2v) is 15.7. The maximum absolute atomic E-state index is 2.54. The number of rotatable bonds is 4. The SMILES string of the molecule is C1=CC2c3ccccc3N(c3ccc4c(c3)c3ccccc3n4-c3cccc4c3c3ccccc3n4-c3ccc4c5ccccc5n(-c5ccccc5)c4c3)C2C=C1. The predicted octanol–water partition coefficient (Wildman–Crippen LogP) is 13.7. The van der Waals surface area contributed by atoms with Crippen molar-refractivity contribution in [2.24, 2.45) is 0 Å². The maximum Gasteiger partial charge on any atom is 0.0629 e. The van der Waals surface area contributed by atoms with Gasteiger partial charge in [0.05, 0.1) is 44.8 Å². The largest absolute Gasteiger partial charge is 0.333 e. The predicted molar refractivity (Wildman–Crippen MR) is 243 cm³/mol. The third-order valence-electron chi connectivity index (χ3n) is 12.7. The van der Waals surface area contributed by atoms with Gasteiger partial charge in [0.25, 0.3) is 0 Å². The summed E-state index contributed by atoms with van der Waals surface area (Å²) in [5.74, 6) is 0.343. The number of fused-ring (bicyclic) bond motifs is 12. The van der Waals surface area contributed by atoms with Crippen molar-refractivity contribution in [2.45, 2.75) is 12.0 Å². The van der Waals surface area contributed by atoms with Gasteiger partial charge in [-0.25, -0.2) is 0 Å². The molecule has 1 aliphatic carbocycles. The zero-order chi connectivity index (χ0) is 37.9. The van der Waals surface area contributed by atoms with Gasteiger partial charge in [0.2, 0.25) is 0 Å². The Hall–Kier alpha value is -7.56. The standard InChI is InChI=1S/C54H36N4/c1-2-15-35(16-3-1)55-45-22-9-6-19-40(45)42-31-29-37(34-53(42)55)57-49-26-13-8-21-43(49)54-51(57)27-14-28-52(54)58-48-25-12-7-20-41(48)44-33-36(30-32-50(44)58)56-46-23-10-4-17-38(46)39-18-5-11-24-47(39)56/h1-34,38,46H. The summed E-state index contributed by atoms with van der Waals surface area (Å²) < 4.78 is 7.36. The molecule has 2 atom stereocenters. The van der Waals surface area contributed by atoms with Gasteiger partial charge < -0.3 is 18.6 Å². The summed E-state index contributed by atoms with van der Waals surface area (Å²) in [7, 11) is 0. The Morgan fingerprint density at radius 2 is 0.914 bits per heavy atom. The summed E-state index contributed by atoms with van der Waals surface area (Å²) in [6, 6.07) is 67.3. The van der Waals surface area contributed by atoms with E-state index in [1.807, 2.05) is 0 Å². The first-order chi connectivity index (χ1) is 28.8. The molecule has 0 spiro atoms. The fraction of sp³-hybridized carbons (Fsp3) is 0.0370. The maximum atomic E-state index is 2.54. The van der Waals surface area contributed by atoms with Crippen LogP contribution in [0.2, 0.25) is 0 Å². The van der Waals surface area contributed by atoms with Gasteiger partial charge in [0, 0.05) is 61.0 Å². The van der Waals surface area contributed by atoms with E-state index in [-0.39, 0.29) is 6.04 Å². The highest BCUT2D eigenvalue weighted by Crippen LogP contribution is 2.49. The molecule has 0 radical (unpaired) electrons. The third kappa shape index (κ3) is 4.29. The van der Waals surface area contributed by atoms with Crippen LogP contribution in [-0.2, 0) is 0 Å². The van der Waals surface area contributed by atoms with E-state index in [4.69, 9.17) is 0 Å². The van der Waals surface area contributed by atoms with E-state index in [9.17, 15) is 0 Å². The Morgan fingerprint density at radius 3 is 1.76 bits per heavy atom. The van der Waals surface area contributed by atoms with E-state index >= 15 is 0 Å². The monoisotopic (exact) mass is 740 g/mol. The lowest BCUT2D eigenvalue weighted by Crippen LogP contribution is -2.28. The molecular formula is C54H36N4. The number of benzene rings is 8. The Bertz CT molecular complexity index is 3540. The van der Waals surface area contributed by atoms with Gasteiger partial charge in [-0.05, 0) is 84.4 Å². The van der Waals surface area contributed by atoms with E-state index in [2.05, 4.69) is 225 Å². The van der Waals surface area contributed by atoms with Crippen LogP contribution in [0.4, 0.5) is 11.4 Å². The molecule has 4 heteroatoms. The molecule has 3 aromatic heterocycles. The van der Waals surface area contributed by atoms with Crippen LogP contribution in [0.25, 0.3) is 82.5 Å². The van der Waals surface area contributed by atoms with Gasteiger partial charge in [-0.1, -0.05) is 127 Å². The van der Waals surface area contributed by atoms with Crippen molar-refractivity contribution in [2.75, 3.05) is 4.90 Å². The molecule has 58 heavy (non-hydrogen) atoms. The highest BCUT2D eigenvalue weighted by atomic mass is 15.2. The van der Waals surface area contributed by atoms with Crippen LogP contribution in [0.5, 0.6) is 0 Å². The van der Waals surface area contributed by atoms with Crippen molar-refractivity contribution in [1.29, 1.82) is 0 Å². The topological polar surface area (TPSA) is 18.0 Å². The molecule has 13 rings (SSSR count). The highest BCUT2D eigenvalue weighted by Gasteiger charge is 2.37. The number of nitrogens with zero attached hydrogens (tertiary/aromatic N) is 4. The van der Waals surface area contributed by atoms with Gasteiger partial charge in [-0.3, -0.25) is 0 Å². The minimum atomic E-state index is 0.251. The molecule has 8 aromatic carbocycles. The van der Waals surface area contributed by atoms with Crippen LogP contribution in [0.15, 0.2) is 206 Å². The number of aromatic nitrogens is 3. The molecule has 0 saturated carbocycles. The molecule has 11 aromatic rings. The van der Waals surface area contributed by atoms with Gasteiger partial charge >= 0.3 is 0 Å². The normalized spacial score (nSPS) is 16.1. The van der Waals surface area contributed by atoms with E-state index in [1.54, 1.807) is 0 Å². The van der Waals surface area contributed by atoms with Crippen molar-refractivity contribution in [3.05, 3.63) is 212 Å². The minimum Gasteiger partial charge on any atom is -0.333 e. The highest BCUT2D eigenvalue weighted by molar-refractivity contribution is 6.17. The molecule has 272 valence electrons. The van der Waals surface area contributed by atoms with Crippen LogP contribution < -0.4 is 4.90 Å². The molecule has 0 bridgehead atoms. The summed E-state index contributed by atoms with van der Waals surface area (Å²) in [4.78, 5) is 2.54. The molecule has 0 saturated heterocycles. The quantitative estimate of drug-likeness (QED) is 0.176. The Balaban J connectivity index is 1.04. The average molecular weight is 741 g/mol. The van der Waals surface area contributed by atoms with E-state index in [1.165, 1.54) is 88.0 Å². The van der Waals surface area contributed by atoms with E-state index < -0.39 is 0 Å². The Kier molecular flexibility index (Phi) is 6.53. The first-order valence-electron chi connectivity index (χ1n) is 20.2. The lowest BCUT2D eigenvalue weighted by atomic mass is 9.91. The molecule has 0 amide bonds. The summed E-state index contributed by atoms with van der Waals surface area (Å²) in [5.41, 5.74) is 14.5. The van der Waals surface area contributed by atoms with Gasteiger partial charge in [0.1, 0.15) is 0 Å². The van der Waals surface area contributed by atoms with Crippen molar-refractivity contribution in [3.63, 3.8) is 0 Å². The lowest BCUT2D eigenvalue weighted by molar-refractivity contribution is 0.745. The lowest BCUT2D eigenvalue weighted by Gasteiger charge is -2.28. The van der Waals surface area contributed by atoms with Crippen molar-refractivity contribution in [3.8, 4) is 17.1 Å². The fourth-order valence-corrected chi connectivity index (χ4v) is 10.4. The molecule has 4 heterocycles. The van der Waals surface area contributed by atoms with Crippen molar-refractivity contribution in [1.82, 2.24) is 13.7 Å². The third-order valence-corrected chi connectivity index (χ3v) is 12.7. The van der Waals surface area contributed by atoms with Crippen LogP contribution in [0, 0.1) is 0 Å². The number of para-hydroxylation sites is 5. The summed E-state index contributed by atoms with van der Waals surface area (Å²) in [6.45, 7) is 0. The first-order valence-corrected chi connectivity index (χ1v) is 20.2. The van der Waals surface area contributed by atoms with E-state index in [0.29, 0.717) is 5.92 Å². The zero-order valence-electron chi connectivity index (χ0n) is 31.6. The molecule has 2 unspecified atom stereocenters. The molecule has 2 aliphatic rings. The number of allylic oxidation sites excluding steroid dienone is 2. The Labute approximate surface area is 335 Å². The number of anilines is 2. The van der Waals surface area contributed by atoms with Crippen LogP contribution in [0.1, 0.15) is 11.5 Å². The van der Waals surface area contributed by atoms with Gasteiger partial charge in [-0.15, -0.1) is 0 Å². The smallest absolute Gasteiger partial charge is 0.0629 e. The van der Waals surface area contributed by atoms with Crippen LogP contribution in [0.3, 0.4) is 0 Å². The zero-order valence-corrected chi connectivity index (χ0v) is 31.6. The minimum absolute atomic E-state index is 0.251. The van der Waals surface area contributed by atoms with E-state index in [0.717, 1.165) is 11.4 Å². The second-order valence-electron chi connectivity index (χ2n) is 15.7. The summed E-state index contributed by atoms with van der Waals surface area (Å²) in [6.07, 6.45) is 9.10. The molecule has 0 N–H and O–H groups in total. The molecule has 0 fully saturated rings. The average Bonchev–Trinajstić information content (AvgIpc) is 4.01. The van der Waals surface area contributed by atoms with Crippen molar-refractivity contribution < 1.29 is 0 Å². The fourth-order valence-electron chi connectivity index (χ4n) is 10.4. The van der Waals surface area contributed by atoms with Crippen LogP contribution >= 0.6 is 0 Å². The second kappa shape index (κ2) is 12.0. The summed E-state index contributed by atoms with van der Waals surface area (Å²) in [5, 5.41) is 7.48. The Morgan fingerprint density at radius 1 is 0.328 bits per heavy atom. The first kappa shape index (κ1) is 31.6. The van der Waals surface area contributed by atoms with Crippen molar-refractivity contribution >= 4 is 76.8 Å². The number of hydrogen-bond donors (Lipinski definition) is 0. The summed E-state index contributed by atoms with van der Waals surface area (Å²) >= 11 is 0. The van der Waals surface area contributed by atoms with Crippen LogP contribution in [-0.4, -0.2) is 19.7 Å². The number of hydrogen-bond acceptors (Lipinski definition) is 1. The van der Waals surface area contributed by atoms with Gasteiger partial charge in [0.15, 0.2) is 0 Å². The molecular weight excluding hydrogens is 705 g/mol. The van der Waals surface area contributed by atoms with Gasteiger partial charge in [-0.2, -0.15) is 0 Å². The molecule has 1 aliphatic heterocycles.